The molecule has 0 radical (unpaired) electrons. The van der Waals surface area contributed by atoms with Crippen LogP contribution >= 0.6 is 0 Å². The number of hydrogen-bond acceptors (Lipinski definition) is 1. The number of ketones is 1. The van der Waals surface area contributed by atoms with Crippen LogP contribution in [0.5, 0.6) is 0 Å². The Labute approximate surface area is 170 Å². The second-order valence-corrected chi connectivity index (χ2v) is 6.69. The molecule has 0 unspecified atom stereocenters. The fraction of sp³-hybridized carbons (Fsp3) is 0. The van der Waals surface area contributed by atoms with Gasteiger partial charge in [-0.3, -0.25) is 4.79 Å². The SMILES string of the molecule is O=C(c1ccccc1)c1ccccc1.c1ccc(-c2cc3ccccn3c2)cc1. The number of fused-ring (bicyclic) bond motifs is 1. The Morgan fingerprint density at radius 3 is 1.62 bits per heavy atom. The number of pyridine rings is 1. The van der Waals surface area contributed by atoms with Crippen LogP contribution < -0.4 is 0 Å². The third kappa shape index (κ3) is 4.50. The average molecular weight is 375 g/mol. The van der Waals surface area contributed by atoms with Crippen LogP contribution in [-0.2, 0) is 0 Å². The van der Waals surface area contributed by atoms with E-state index in [4.69, 9.17) is 0 Å². The first-order chi connectivity index (χ1) is 14.3. The van der Waals surface area contributed by atoms with Gasteiger partial charge in [0.15, 0.2) is 5.78 Å². The molecule has 2 heterocycles. The molecule has 0 fully saturated rings. The molecule has 0 aliphatic rings. The van der Waals surface area contributed by atoms with E-state index < -0.39 is 0 Å². The van der Waals surface area contributed by atoms with Gasteiger partial charge in [-0.05, 0) is 23.8 Å². The molecular formula is C27H21NO. The van der Waals surface area contributed by atoms with E-state index >= 15 is 0 Å². The fourth-order valence-corrected chi connectivity index (χ4v) is 3.19. The number of aromatic nitrogens is 1. The molecule has 0 bridgehead atoms. The first kappa shape index (κ1) is 18.5. The van der Waals surface area contributed by atoms with E-state index in [-0.39, 0.29) is 5.78 Å². The maximum Gasteiger partial charge on any atom is 0.193 e. The summed E-state index contributed by atoms with van der Waals surface area (Å²) in [6.07, 6.45) is 4.23. The molecule has 0 amide bonds. The predicted molar refractivity (Wildman–Crippen MR) is 119 cm³/mol. The summed E-state index contributed by atoms with van der Waals surface area (Å²) in [5, 5.41) is 0. The largest absolute Gasteiger partial charge is 0.323 e. The van der Waals surface area contributed by atoms with Crippen LogP contribution in [-0.4, -0.2) is 10.2 Å². The zero-order valence-corrected chi connectivity index (χ0v) is 16.0. The van der Waals surface area contributed by atoms with Crippen LogP contribution in [0.4, 0.5) is 0 Å². The van der Waals surface area contributed by atoms with Gasteiger partial charge < -0.3 is 4.40 Å². The maximum atomic E-state index is 11.8. The maximum absolute atomic E-state index is 11.8. The predicted octanol–water partition coefficient (Wildman–Crippen LogP) is 6.52. The summed E-state index contributed by atoms with van der Waals surface area (Å²) >= 11 is 0. The average Bonchev–Trinajstić information content (AvgIpc) is 3.25. The first-order valence-electron chi connectivity index (χ1n) is 9.58. The summed E-state index contributed by atoms with van der Waals surface area (Å²) in [6.45, 7) is 0. The van der Waals surface area contributed by atoms with Crippen LogP contribution in [0.1, 0.15) is 15.9 Å². The molecule has 140 valence electrons. The Morgan fingerprint density at radius 2 is 1.07 bits per heavy atom. The molecule has 0 saturated carbocycles. The minimum Gasteiger partial charge on any atom is -0.323 e. The van der Waals surface area contributed by atoms with Crippen LogP contribution in [0.3, 0.4) is 0 Å². The van der Waals surface area contributed by atoms with E-state index in [0.29, 0.717) is 0 Å². The third-order valence-electron chi connectivity index (χ3n) is 4.68. The lowest BCUT2D eigenvalue weighted by atomic mass is 10.0. The highest BCUT2D eigenvalue weighted by Gasteiger charge is 2.06. The van der Waals surface area contributed by atoms with Crippen LogP contribution in [0.2, 0.25) is 0 Å². The van der Waals surface area contributed by atoms with E-state index in [9.17, 15) is 4.79 Å². The van der Waals surface area contributed by atoms with Crippen molar-refractivity contribution in [3.63, 3.8) is 0 Å². The molecule has 2 heteroatoms. The number of carbonyl (C=O) groups excluding carboxylic acids is 1. The van der Waals surface area contributed by atoms with E-state index in [1.165, 1.54) is 16.6 Å². The van der Waals surface area contributed by atoms with Gasteiger partial charge in [0.25, 0.3) is 0 Å². The molecule has 29 heavy (non-hydrogen) atoms. The Bertz CT molecular complexity index is 1120. The molecule has 3 aromatic carbocycles. The summed E-state index contributed by atoms with van der Waals surface area (Å²) < 4.78 is 2.14. The summed E-state index contributed by atoms with van der Waals surface area (Å²) in [5.41, 5.74) is 5.23. The van der Waals surface area contributed by atoms with Gasteiger partial charge in [-0.2, -0.15) is 0 Å². The van der Waals surface area contributed by atoms with Gasteiger partial charge in [0, 0.05) is 34.6 Å². The van der Waals surface area contributed by atoms with Gasteiger partial charge in [-0.15, -0.1) is 0 Å². The number of rotatable bonds is 3. The topological polar surface area (TPSA) is 21.5 Å². The second kappa shape index (κ2) is 8.85. The van der Waals surface area contributed by atoms with E-state index in [1.807, 2.05) is 72.8 Å². The summed E-state index contributed by atoms with van der Waals surface area (Å²) in [7, 11) is 0. The quantitative estimate of drug-likeness (QED) is 0.329. The van der Waals surface area contributed by atoms with Gasteiger partial charge in [0.05, 0.1) is 0 Å². The lowest BCUT2D eigenvalue weighted by Crippen LogP contribution is -1.99. The van der Waals surface area contributed by atoms with Crippen molar-refractivity contribution in [2.75, 3.05) is 0 Å². The van der Waals surface area contributed by atoms with Crippen molar-refractivity contribution < 1.29 is 4.79 Å². The molecule has 0 N–H and O–H groups in total. The number of nitrogens with zero attached hydrogens (tertiary/aromatic N) is 1. The Balaban J connectivity index is 0.000000142. The van der Waals surface area contributed by atoms with E-state index in [2.05, 4.69) is 59.3 Å². The summed E-state index contributed by atoms with van der Waals surface area (Å²) in [5.74, 6) is 0.0752. The van der Waals surface area contributed by atoms with Crippen molar-refractivity contribution in [2.24, 2.45) is 0 Å². The fourth-order valence-electron chi connectivity index (χ4n) is 3.19. The van der Waals surface area contributed by atoms with Crippen LogP contribution in [0.25, 0.3) is 16.6 Å². The minimum absolute atomic E-state index is 0.0752. The number of hydrogen-bond donors (Lipinski definition) is 0. The molecule has 0 atom stereocenters. The first-order valence-corrected chi connectivity index (χ1v) is 9.58. The molecule has 5 rings (SSSR count). The smallest absolute Gasteiger partial charge is 0.193 e. The Kier molecular flexibility index (Phi) is 5.63. The monoisotopic (exact) mass is 375 g/mol. The Morgan fingerprint density at radius 1 is 0.552 bits per heavy atom. The highest BCUT2D eigenvalue weighted by Crippen LogP contribution is 2.21. The van der Waals surface area contributed by atoms with Crippen molar-refractivity contribution >= 4 is 11.3 Å². The Hall–Kier alpha value is -3.91. The summed E-state index contributed by atoms with van der Waals surface area (Å²) in [4.78, 5) is 11.8. The highest BCUT2D eigenvalue weighted by molar-refractivity contribution is 6.08. The zero-order chi connectivity index (χ0) is 19.9. The van der Waals surface area contributed by atoms with E-state index in [0.717, 1.165) is 11.1 Å². The van der Waals surface area contributed by atoms with Gasteiger partial charge in [0.1, 0.15) is 0 Å². The lowest BCUT2D eigenvalue weighted by Gasteiger charge is -1.99. The normalized spacial score (nSPS) is 10.2. The second-order valence-electron chi connectivity index (χ2n) is 6.69. The number of carbonyl (C=O) groups is 1. The van der Waals surface area contributed by atoms with Crippen molar-refractivity contribution in [1.82, 2.24) is 4.40 Å². The minimum atomic E-state index is 0.0752. The van der Waals surface area contributed by atoms with Crippen LogP contribution in [0, 0.1) is 0 Å². The van der Waals surface area contributed by atoms with E-state index in [1.54, 1.807) is 0 Å². The molecule has 5 aromatic rings. The zero-order valence-electron chi connectivity index (χ0n) is 16.0. The summed E-state index contributed by atoms with van der Waals surface area (Å²) in [6, 6.07) is 37.5. The highest BCUT2D eigenvalue weighted by atomic mass is 16.1. The van der Waals surface area contributed by atoms with Gasteiger partial charge >= 0.3 is 0 Å². The molecule has 0 saturated heterocycles. The van der Waals surface area contributed by atoms with Gasteiger partial charge in [-0.25, -0.2) is 0 Å². The van der Waals surface area contributed by atoms with Crippen molar-refractivity contribution in [3.05, 3.63) is 139 Å². The molecule has 2 nitrogen and oxygen atoms in total. The number of benzene rings is 3. The van der Waals surface area contributed by atoms with Crippen molar-refractivity contribution in [1.29, 1.82) is 0 Å². The van der Waals surface area contributed by atoms with Crippen molar-refractivity contribution in [3.8, 4) is 11.1 Å². The molecule has 0 aliphatic heterocycles. The standard InChI is InChI=1S/C14H11N.C13H10O/c1-2-6-12(7-3-1)13-10-14-8-4-5-9-15(14)11-13;14-13(11-7-3-1-4-8-11)12-9-5-2-6-10-12/h1-11H;1-10H. The molecular weight excluding hydrogens is 354 g/mol. The molecule has 2 aromatic heterocycles. The van der Waals surface area contributed by atoms with Crippen LogP contribution in [0.15, 0.2) is 128 Å². The third-order valence-corrected chi connectivity index (χ3v) is 4.68. The molecule has 0 spiro atoms. The van der Waals surface area contributed by atoms with Crippen molar-refractivity contribution in [2.45, 2.75) is 0 Å². The lowest BCUT2D eigenvalue weighted by molar-refractivity contribution is 0.103. The van der Waals surface area contributed by atoms with Gasteiger partial charge in [0.2, 0.25) is 0 Å². The molecule has 0 aliphatic carbocycles. The van der Waals surface area contributed by atoms with Gasteiger partial charge in [-0.1, -0.05) is 97.1 Å².